The molecule has 0 aliphatic carbocycles. The van der Waals surface area contributed by atoms with Crippen LogP contribution in [0.2, 0.25) is 5.02 Å². The minimum Gasteiger partial charge on any atom is -0.497 e. The molecule has 0 fully saturated rings. The molecule has 0 bridgehead atoms. The summed E-state index contributed by atoms with van der Waals surface area (Å²) in [6, 6.07) is 12.8. The third-order valence-corrected chi connectivity index (χ3v) is 4.29. The number of carbonyl (C=O) groups excluding carboxylic acids is 2. The predicted molar refractivity (Wildman–Crippen MR) is 113 cm³/mol. The zero-order valence-corrected chi connectivity index (χ0v) is 17.2. The van der Waals surface area contributed by atoms with Crippen LogP contribution in [0.25, 0.3) is 0 Å². The number of methoxy groups -OCH3 is 2. The molecule has 0 atom stereocenters. The average molecular weight is 418 g/mol. The fourth-order valence-electron chi connectivity index (χ4n) is 2.53. The second-order valence-electron chi connectivity index (χ2n) is 6.16. The third kappa shape index (κ3) is 7.83. The van der Waals surface area contributed by atoms with Crippen molar-refractivity contribution in [2.45, 2.75) is 19.3 Å². The van der Waals surface area contributed by atoms with Crippen LogP contribution in [0.3, 0.4) is 0 Å². The topological polar surface area (TPSA) is 89.0 Å². The Labute approximate surface area is 175 Å². The molecule has 0 aromatic heterocycles. The molecular weight excluding hydrogens is 394 g/mol. The lowest BCUT2D eigenvalue weighted by Gasteiger charge is -2.06. The van der Waals surface area contributed by atoms with Crippen molar-refractivity contribution in [3.8, 4) is 11.5 Å². The molecule has 0 aliphatic rings. The molecule has 0 heterocycles. The summed E-state index contributed by atoms with van der Waals surface area (Å²) >= 11 is 5.94. The van der Waals surface area contributed by atoms with E-state index in [1.165, 1.54) is 13.3 Å². The van der Waals surface area contributed by atoms with E-state index in [-0.39, 0.29) is 12.5 Å². The van der Waals surface area contributed by atoms with Gasteiger partial charge in [-0.1, -0.05) is 23.7 Å². The first-order chi connectivity index (χ1) is 14.0. The number of amides is 2. The van der Waals surface area contributed by atoms with Crippen molar-refractivity contribution in [3.63, 3.8) is 0 Å². The lowest BCUT2D eigenvalue weighted by atomic mass is 10.1. The summed E-state index contributed by atoms with van der Waals surface area (Å²) in [5.74, 6) is 0.770. The quantitative estimate of drug-likeness (QED) is 0.459. The zero-order valence-electron chi connectivity index (χ0n) is 16.4. The van der Waals surface area contributed by atoms with Gasteiger partial charge in [-0.15, -0.1) is 0 Å². The summed E-state index contributed by atoms with van der Waals surface area (Å²) in [5.41, 5.74) is 4.11. The molecule has 2 aromatic rings. The Balaban J connectivity index is 1.67. The number of aryl methyl sites for hydroxylation is 1. The van der Waals surface area contributed by atoms with Gasteiger partial charge < -0.3 is 14.8 Å². The first-order valence-corrected chi connectivity index (χ1v) is 9.44. The van der Waals surface area contributed by atoms with Crippen LogP contribution in [0, 0.1) is 0 Å². The van der Waals surface area contributed by atoms with Gasteiger partial charge in [0.15, 0.2) is 0 Å². The number of halogens is 1. The van der Waals surface area contributed by atoms with E-state index in [1.54, 1.807) is 25.3 Å². The molecule has 0 unspecified atom stereocenters. The summed E-state index contributed by atoms with van der Waals surface area (Å²) in [5, 5.41) is 6.97. The molecule has 29 heavy (non-hydrogen) atoms. The van der Waals surface area contributed by atoms with E-state index in [9.17, 15) is 9.59 Å². The predicted octanol–water partition coefficient (Wildman–Crippen LogP) is 2.95. The highest BCUT2D eigenvalue weighted by atomic mass is 35.5. The smallest absolute Gasteiger partial charge is 0.259 e. The molecule has 2 rings (SSSR count). The van der Waals surface area contributed by atoms with Crippen LogP contribution < -0.4 is 20.2 Å². The van der Waals surface area contributed by atoms with Crippen LogP contribution in [0.5, 0.6) is 11.5 Å². The Morgan fingerprint density at radius 2 is 1.83 bits per heavy atom. The lowest BCUT2D eigenvalue weighted by Crippen LogP contribution is -2.34. The number of hydrogen-bond donors (Lipinski definition) is 2. The third-order valence-electron chi connectivity index (χ3n) is 4.06. The molecule has 8 heteroatoms. The molecule has 7 nitrogen and oxygen atoms in total. The van der Waals surface area contributed by atoms with Gasteiger partial charge in [-0.2, -0.15) is 5.10 Å². The Kier molecular flexibility index (Phi) is 8.98. The number of hydrogen-bond acceptors (Lipinski definition) is 5. The number of carbonyl (C=O) groups is 2. The van der Waals surface area contributed by atoms with Crippen LogP contribution in [-0.4, -0.2) is 38.8 Å². The van der Waals surface area contributed by atoms with Crippen LogP contribution in [0.15, 0.2) is 47.6 Å². The van der Waals surface area contributed by atoms with Gasteiger partial charge in [-0.3, -0.25) is 9.59 Å². The summed E-state index contributed by atoms with van der Waals surface area (Å²) < 4.78 is 10.3. The zero-order chi connectivity index (χ0) is 21.1. The minimum absolute atomic E-state index is 0.147. The maximum absolute atomic E-state index is 11.9. The number of benzene rings is 2. The fraction of sp³-hybridized carbons (Fsp3) is 0.286. The normalized spacial score (nSPS) is 10.6. The van der Waals surface area contributed by atoms with Gasteiger partial charge in [0.05, 0.1) is 27.0 Å². The van der Waals surface area contributed by atoms with Crippen LogP contribution >= 0.6 is 11.6 Å². The van der Waals surface area contributed by atoms with Gasteiger partial charge in [0.1, 0.15) is 11.5 Å². The molecule has 0 spiro atoms. The Hall–Kier alpha value is -3.06. The van der Waals surface area contributed by atoms with Gasteiger partial charge in [-0.25, -0.2) is 5.43 Å². The molecule has 2 N–H and O–H groups in total. The lowest BCUT2D eigenvalue weighted by molar-refractivity contribution is -0.126. The molecule has 0 radical (unpaired) electrons. The highest BCUT2D eigenvalue weighted by Crippen LogP contribution is 2.20. The van der Waals surface area contributed by atoms with Crippen molar-refractivity contribution in [1.82, 2.24) is 10.7 Å². The maximum Gasteiger partial charge on any atom is 0.259 e. The Morgan fingerprint density at radius 1 is 1.07 bits per heavy atom. The van der Waals surface area contributed by atoms with Gasteiger partial charge in [0.2, 0.25) is 5.91 Å². The number of nitrogens with zero attached hydrogens (tertiary/aromatic N) is 1. The second-order valence-corrected chi connectivity index (χ2v) is 6.59. The van der Waals surface area contributed by atoms with E-state index in [4.69, 9.17) is 21.1 Å². The number of rotatable bonds is 10. The van der Waals surface area contributed by atoms with Gasteiger partial charge in [0.25, 0.3) is 5.91 Å². The molecule has 0 saturated carbocycles. The standard InChI is InChI=1S/C21H24ClN3O4/c1-28-18-9-6-15(7-10-18)4-3-5-20(26)23-14-21(27)25-24-13-16-12-17(22)8-11-19(16)29-2/h6-13H,3-5,14H2,1-2H3,(H,23,26)(H,25,27). The monoisotopic (exact) mass is 417 g/mol. The largest absolute Gasteiger partial charge is 0.497 e. The van der Waals surface area contributed by atoms with Crippen LogP contribution in [0.4, 0.5) is 0 Å². The van der Waals surface area contributed by atoms with E-state index in [0.29, 0.717) is 29.2 Å². The molecule has 0 saturated heterocycles. The van der Waals surface area contributed by atoms with Crippen molar-refractivity contribution < 1.29 is 19.1 Å². The highest BCUT2D eigenvalue weighted by Gasteiger charge is 2.06. The van der Waals surface area contributed by atoms with Crippen molar-refractivity contribution in [3.05, 3.63) is 58.6 Å². The Morgan fingerprint density at radius 3 is 2.52 bits per heavy atom. The molecule has 2 aromatic carbocycles. The van der Waals surface area contributed by atoms with Crippen molar-refractivity contribution >= 4 is 29.6 Å². The van der Waals surface area contributed by atoms with E-state index in [2.05, 4.69) is 15.8 Å². The summed E-state index contributed by atoms with van der Waals surface area (Å²) in [4.78, 5) is 23.7. The molecule has 2 amide bonds. The van der Waals surface area contributed by atoms with Crippen LogP contribution in [-0.2, 0) is 16.0 Å². The summed E-state index contributed by atoms with van der Waals surface area (Å²) in [6.45, 7) is -0.147. The number of hydrazone groups is 1. The first-order valence-electron chi connectivity index (χ1n) is 9.07. The van der Waals surface area contributed by atoms with Gasteiger partial charge in [-0.05, 0) is 48.7 Å². The van der Waals surface area contributed by atoms with Gasteiger partial charge >= 0.3 is 0 Å². The van der Waals surface area contributed by atoms with Crippen LogP contribution in [0.1, 0.15) is 24.0 Å². The first kappa shape index (κ1) is 22.2. The van der Waals surface area contributed by atoms with Crippen molar-refractivity contribution in [2.75, 3.05) is 20.8 Å². The number of nitrogens with one attached hydrogen (secondary N) is 2. The second kappa shape index (κ2) is 11.7. The van der Waals surface area contributed by atoms with Crippen molar-refractivity contribution in [2.24, 2.45) is 5.10 Å². The SMILES string of the molecule is COc1ccc(CCCC(=O)NCC(=O)NN=Cc2cc(Cl)ccc2OC)cc1. The van der Waals surface area contributed by atoms with E-state index < -0.39 is 5.91 Å². The van der Waals surface area contributed by atoms with E-state index in [1.807, 2.05) is 24.3 Å². The molecule has 0 aliphatic heterocycles. The molecule has 154 valence electrons. The van der Waals surface area contributed by atoms with Crippen molar-refractivity contribution in [1.29, 1.82) is 0 Å². The molecular formula is C21H24ClN3O4. The average Bonchev–Trinajstić information content (AvgIpc) is 2.73. The highest BCUT2D eigenvalue weighted by molar-refractivity contribution is 6.30. The van der Waals surface area contributed by atoms with E-state index in [0.717, 1.165) is 17.7 Å². The summed E-state index contributed by atoms with van der Waals surface area (Å²) in [7, 11) is 3.15. The minimum atomic E-state index is -0.425. The van der Waals surface area contributed by atoms with E-state index >= 15 is 0 Å². The Bertz CT molecular complexity index is 854. The van der Waals surface area contributed by atoms with Gasteiger partial charge in [0, 0.05) is 17.0 Å². The number of ether oxygens (including phenoxy) is 2. The fourth-order valence-corrected chi connectivity index (χ4v) is 2.71. The summed E-state index contributed by atoms with van der Waals surface area (Å²) in [6.07, 6.45) is 3.23. The maximum atomic E-state index is 11.9.